The first-order chi connectivity index (χ1) is 12.4. The van der Waals surface area contributed by atoms with Crippen LogP contribution in [-0.4, -0.2) is 82.0 Å². The van der Waals surface area contributed by atoms with Gasteiger partial charge in [0, 0.05) is 35.7 Å². The average molecular weight is 381 g/mol. The Bertz CT molecular complexity index is 652. The molecule has 4 aliphatic rings. The molecule has 0 saturated carbocycles. The second-order valence-corrected chi connectivity index (χ2v) is 9.52. The average Bonchev–Trinajstić information content (AvgIpc) is 3.25. The van der Waals surface area contributed by atoms with Crippen LogP contribution in [0.5, 0.6) is 0 Å². The Morgan fingerprint density at radius 1 is 1.42 bits per heavy atom. The fourth-order valence-electron chi connectivity index (χ4n) is 5.02. The predicted octanol–water partition coefficient (Wildman–Crippen LogP) is 0.310. The maximum atomic E-state index is 12.3. The van der Waals surface area contributed by atoms with Crippen molar-refractivity contribution >= 4 is 23.6 Å². The number of β-lactam (4-membered cyclic amide) rings is 1. The first kappa shape index (κ1) is 18.3. The van der Waals surface area contributed by atoms with E-state index in [9.17, 15) is 19.8 Å². The molecule has 0 spiro atoms. The summed E-state index contributed by atoms with van der Waals surface area (Å²) in [6.07, 6.45) is 2.08. The lowest BCUT2D eigenvalue weighted by molar-refractivity contribution is -0.161. The Kier molecular flexibility index (Phi) is 4.79. The normalized spacial score (nSPS) is 38.7. The summed E-state index contributed by atoms with van der Waals surface area (Å²) in [5, 5.41) is 23.4. The standard InChI is InChI=1S/C18H27N3O4S/c1-9(22)15-13-6-14(16(18(24)25)21(13)17(15)23)26-11-5-12(19-7-11)10-3-4-20(2)8-10/h9-13,15,19,22H,3-8H2,1-2H3,(H,24,25)/t9-,10?,11+,12+,13-,15-/m1/s1. The van der Waals surface area contributed by atoms with Gasteiger partial charge < -0.3 is 25.3 Å². The molecule has 3 fully saturated rings. The Hall–Kier alpha value is -1.09. The molecule has 0 radical (unpaired) electrons. The third-order valence-electron chi connectivity index (χ3n) is 6.32. The van der Waals surface area contributed by atoms with Crippen molar-refractivity contribution in [1.82, 2.24) is 15.1 Å². The fourth-order valence-corrected chi connectivity index (χ4v) is 6.47. The number of hydrogen-bond donors (Lipinski definition) is 3. The molecule has 3 N–H and O–H groups in total. The van der Waals surface area contributed by atoms with Gasteiger partial charge in [0.15, 0.2) is 0 Å². The van der Waals surface area contributed by atoms with E-state index in [-0.39, 0.29) is 17.6 Å². The van der Waals surface area contributed by atoms with Gasteiger partial charge in [-0.25, -0.2) is 4.79 Å². The van der Waals surface area contributed by atoms with Crippen LogP contribution in [0.25, 0.3) is 0 Å². The molecule has 0 aliphatic carbocycles. The van der Waals surface area contributed by atoms with Crippen LogP contribution in [0.3, 0.4) is 0 Å². The third-order valence-corrected chi connectivity index (χ3v) is 7.66. The first-order valence-corrected chi connectivity index (χ1v) is 10.3. The minimum atomic E-state index is -1.03. The van der Waals surface area contributed by atoms with E-state index in [1.165, 1.54) is 11.3 Å². The third kappa shape index (κ3) is 2.96. The Balaban J connectivity index is 1.43. The summed E-state index contributed by atoms with van der Waals surface area (Å²) < 4.78 is 0. The van der Waals surface area contributed by atoms with Crippen LogP contribution in [0, 0.1) is 11.8 Å². The van der Waals surface area contributed by atoms with E-state index in [2.05, 4.69) is 17.3 Å². The number of aliphatic carboxylic acids is 1. The highest BCUT2D eigenvalue weighted by Crippen LogP contribution is 2.48. The van der Waals surface area contributed by atoms with Gasteiger partial charge >= 0.3 is 5.97 Å². The molecule has 0 aromatic heterocycles. The topological polar surface area (TPSA) is 93.1 Å². The number of carboxylic acids is 1. The Labute approximate surface area is 157 Å². The number of fused-ring (bicyclic) bond motifs is 1. The smallest absolute Gasteiger partial charge is 0.353 e. The molecule has 0 aromatic carbocycles. The number of likely N-dealkylation sites (tertiary alicyclic amines) is 1. The molecular formula is C18H27N3O4S. The van der Waals surface area contributed by atoms with Crippen LogP contribution >= 0.6 is 11.8 Å². The number of nitrogens with zero attached hydrogens (tertiary/aromatic N) is 2. The van der Waals surface area contributed by atoms with Crippen LogP contribution < -0.4 is 5.32 Å². The predicted molar refractivity (Wildman–Crippen MR) is 98.5 cm³/mol. The Morgan fingerprint density at radius 3 is 2.81 bits per heavy atom. The fraction of sp³-hybridized carbons (Fsp3) is 0.778. The van der Waals surface area contributed by atoms with Crippen LogP contribution in [0.15, 0.2) is 10.6 Å². The Morgan fingerprint density at radius 2 is 2.19 bits per heavy atom. The number of carboxylic acid groups (broad SMARTS) is 1. The highest BCUT2D eigenvalue weighted by Gasteiger charge is 2.57. The number of rotatable bonds is 5. The minimum absolute atomic E-state index is 0.144. The molecule has 4 rings (SSSR count). The molecule has 144 valence electrons. The van der Waals surface area contributed by atoms with Gasteiger partial charge in [-0.2, -0.15) is 0 Å². The zero-order chi connectivity index (χ0) is 18.6. The molecule has 4 heterocycles. The largest absolute Gasteiger partial charge is 0.477 e. The summed E-state index contributed by atoms with van der Waals surface area (Å²) >= 11 is 1.63. The molecule has 0 aromatic rings. The number of amides is 1. The van der Waals surface area contributed by atoms with E-state index in [1.807, 2.05) is 0 Å². The number of hydrogen-bond acceptors (Lipinski definition) is 6. The van der Waals surface area contributed by atoms with Gasteiger partial charge in [-0.15, -0.1) is 11.8 Å². The van der Waals surface area contributed by atoms with Gasteiger partial charge in [-0.1, -0.05) is 0 Å². The zero-order valence-corrected chi connectivity index (χ0v) is 16.0. The van der Waals surface area contributed by atoms with Crippen LogP contribution in [0.2, 0.25) is 0 Å². The second-order valence-electron chi connectivity index (χ2n) is 8.12. The van der Waals surface area contributed by atoms with Crippen molar-refractivity contribution in [3.63, 3.8) is 0 Å². The van der Waals surface area contributed by atoms with Crippen LogP contribution in [-0.2, 0) is 9.59 Å². The number of carbonyl (C=O) groups is 2. The molecule has 0 bridgehead atoms. The highest BCUT2D eigenvalue weighted by molar-refractivity contribution is 8.03. The molecule has 1 amide bonds. The molecule has 4 aliphatic heterocycles. The van der Waals surface area contributed by atoms with E-state index in [0.29, 0.717) is 23.6 Å². The van der Waals surface area contributed by atoms with E-state index < -0.39 is 18.0 Å². The van der Waals surface area contributed by atoms with Gasteiger partial charge in [0.25, 0.3) is 0 Å². The maximum absolute atomic E-state index is 12.3. The number of aliphatic hydroxyl groups is 1. The second kappa shape index (κ2) is 6.82. The lowest BCUT2D eigenvalue weighted by Crippen LogP contribution is -2.61. The number of nitrogens with one attached hydrogen (secondary N) is 1. The molecule has 7 nitrogen and oxygen atoms in total. The summed E-state index contributed by atoms with van der Waals surface area (Å²) in [4.78, 5) is 28.6. The van der Waals surface area contributed by atoms with Crippen molar-refractivity contribution in [3.8, 4) is 0 Å². The highest BCUT2D eigenvalue weighted by atomic mass is 32.2. The van der Waals surface area contributed by atoms with E-state index in [0.717, 1.165) is 31.0 Å². The van der Waals surface area contributed by atoms with Crippen molar-refractivity contribution in [2.45, 2.75) is 49.6 Å². The summed E-state index contributed by atoms with van der Waals surface area (Å²) in [7, 11) is 2.16. The summed E-state index contributed by atoms with van der Waals surface area (Å²) in [6.45, 7) is 4.76. The van der Waals surface area contributed by atoms with E-state index in [1.54, 1.807) is 18.7 Å². The molecule has 3 saturated heterocycles. The van der Waals surface area contributed by atoms with Gasteiger partial charge in [-0.05, 0) is 39.3 Å². The monoisotopic (exact) mass is 381 g/mol. The molecule has 8 heteroatoms. The van der Waals surface area contributed by atoms with Gasteiger partial charge in [-0.3, -0.25) is 4.79 Å². The first-order valence-electron chi connectivity index (χ1n) is 9.43. The number of thioether (sulfide) groups is 1. The van der Waals surface area contributed by atoms with Crippen LogP contribution in [0.1, 0.15) is 26.2 Å². The minimum Gasteiger partial charge on any atom is -0.477 e. The van der Waals surface area contributed by atoms with Crippen molar-refractivity contribution in [3.05, 3.63) is 10.6 Å². The zero-order valence-electron chi connectivity index (χ0n) is 15.2. The summed E-state index contributed by atoms with van der Waals surface area (Å²) in [5.41, 5.74) is 0.144. The number of carbonyl (C=O) groups excluding carboxylic acids is 1. The number of aliphatic hydroxyl groups excluding tert-OH is 1. The van der Waals surface area contributed by atoms with Crippen LogP contribution in [0.4, 0.5) is 0 Å². The van der Waals surface area contributed by atoms with Crippen molar-refractivity contribution in [2.75, 3.05) is 26.7 Å². The quantitative estimate of drug-likeness (QED) is 0.590. The lowest BCUT2D eigenvalue weighted by Gasteiger charge is -2.44. The molecule has 26 heavy (non-hydrogen) atoms. The van der Waals surface area contributed by atoms with Gasteiger partial charge in [0.05, 0.1) is 18.1 Å². The van der Waals surface area contributed by atoms with E-state index in [4.69, 9.17) is 0 Å². The maximum Gasteiger partial charge on any atom is 0.353 e. The summed E-state index contributed by atoms with van der Waals surface area (Å²) in [6, 6.07) is 0.307. The van der Waals surface area contributed by atoms with Crippen molar-refractivity contribution < 1.29 is 19.8 Å². The van der Waals surface area contributed by atoms with Gasteiger partial charge in [0.1, 0.15) is 5.70 Å². The molecule has 6 atom stereocenters. The molecular weight excluding hydrogens is 354 g/mol. The molecule has 1 unspecified atom stereocenters. The van der Waals surface area contributed by atoms with Gasteiger partial charge in [0.2, 0.25) is 5.91 Å². The van der Waals surface area contributed by atoms with E-state index >= 15 is 0 Å². The summed E-state index contributed by atoms with van der Waals surface area (Å²) in [5.74, 6) is -1.09. The lowest BCUT2D eigenvalue weighted by atomic mass is 9.83. The van der Waals surface area contributed by atoms with Crippen molar-refractivity contribution in [1.29, 1.82) is 0 Å². The SMILES string of the molecule is C[C@@H](O)[C@H]1C(=O)N2C(C(=O)O)=C(S[C@@H]3CN[C@H](C4CCN(C)C4)C3)C[C@H]12. The van der Waals surface area contributed by atoms with Crippen molar-refractivity contribution in [2.24, 2.45) is 11.8 Å².